The van der Waals surface area contributed by atoms with Crippen LogP contribution in [0.1, 0.15) is 43.1 Å². The molecular weight excluding hydrogens is 500 g/mol. The number of hydrogen-bond donors (Lipinski definition) is 2. The molecule has 40 heavy (non-hydrogen) atoms. The first-order valence-corrected chi connectivity index (χ1v) is 14.4. The fourth-order valence-corrected chi connectivity index (χ4v) is 5.87. The van der Waals surface area contributed by atoms with E-state index in [2.05, 4.69) is 45.7 Å². The average Bonchev–Trinajstić information content (AvgIpc) is 3.00. The average molecular weight is 541 g/mol. The van der Waals surface area contributed by atoms with Crippen molar-refractivity contribution in [3.05, 3.63) is 54.2 Å². The highest BCUT2D eigenvalue weighted by Gasteiger charge is 2.28. The van der Waals surface area contributed by atoms with Crippen LogP contribution in [0.5, 0.6) is 5.75 Å². The molecule has 2 N–H and O–H groups in total. The number of methoxy groups -OCH3 is 1. The molecule has 1 atom stereocenters. The molecule has 8 nitrogen and oxygen atoms in total. The maximum atomic E-state index is 13.2. The molecule has 3 aromatic rings. The van der Waals surface area contributed by atoms with Gasteiger partial charge in [-0.25, -0.2) is 4.98 Å². The molecule has 1 saturated carbocycles. The highest BCUT2D eigenvalue weighted by molar-refractivity contribution is 5.99. The summed E-state index contributed by atoms with van der Waals surface area (Å²) >= 11 is 0. The second kappa shape index (κ2) is 12.7. The van der Waals surface area contributed by atoms with Gasteiger partial charge in [-0.05, 0) is 69.3 Å². The highest BCUT2D eigenvalue weighted by atomic mass is 16.5. The third kappa shape index (κ3) is 6.38. The number of amides is 1. The van der Waals surface area contributed by atoms with E-state index in [1.807, 2.05) is 37.3 Å². The Balaban J connectivity index is 1.28. The molecule has 0 spiro atoms. The number of piperazine rings is 1. The molecule has 1 amide bonds. The van der Waals surface area contributed by atoms with Gasteiger partial charge in [-0.2, -0.15) is 5.26 Å². The predicted octanol–water partition coefficient (Wildman–Crippen LogP) is 4.77. The molecular formula is C32H40N6O2. The number of likely N-dealkylation sites (N-methyl/N-ethyl adjacent to an activating group) is 1. The van der Waals surface area contributed by atoms with Crippen molar-refractivity contribution in [2.45, 2.75) is 44.7 Å². The summed E-state index contributed by atoms with van der Waals surface area (Å²) in [4.78, 5) is 23.0. The van der Waals surface area contributed by atoms with Crippen LogP contribution in [0.2, 0.25) is 0 Å². The van der Waals surface area contributed by atoms with Gasteiger partial charge in [-0.15, -0.1) is 0 Å². The molecule has 1 aliphatic carbocycles. The van der Waals surface area contributed by atoms with Crippen LogP contribution in [0.15, 0.2) is 48.5 Å². The molecule has 1 saturated heterocycles. The van der Waals surface area contributed by atoms with Crippen LogP contribution in [0.4, 0.5) is 5.69 Å². The smallest absolute Gasteiger partial charge is 0.270 e. The SMILES string of the molecule is COc1ccc2ccc(-c3cccc(C(=O)N[C@H]4CC[C@@H](N5CCN(C)CC5)CC4)n3)cc2c1NCC(C)C#N. The zero-order chi connectivity index (χ0) is 28.1. The summed E-state index contributed by atoms with van der Waals surface area (Å²) in [5, 5.41) is 17.9. The summed E-state index contributed by atoms with van der Waals surface area (Å²) in [5.41, 5.74) is 2.95. The van der Waals surface area contributed by atoms with Gasteiger partial charge in [0.25, 0.3) is 5.91 Å². The normalized spacial score (nSPS) is 20.9. The Morgan fingerprint density at radius 1 is 1.10 bits per heavy atom. The number of rotatable bonds is 8. The Hall–Kier alpha value is -3.67. The molecule has 210 valence electrons. The Kier molecular flexibility index (Phi) is 8.83. The van der Waals surface area contributed by atoms with Gasteiger partial charge in [0.15, 0.2) is 0 Å². The second-order valence-corrected chi connectivity index (χ2v) is 11.2. The van der Waals surface area contributed by atoms with Crippen LogP contribution in [0, 0.1) is 17.2 Å². The number of nitriles is 1. The van der Waals surface area contributed by atoms with E-state index in [0.717, 1.165) is 85.3 Å². The van der Waals surface area contributed by atoms with Crippen LogP contribution in [-0.2, 0) is 0 Å². The lowest BCUT2D eigenvalue weighted by molar-refractivity contribution is 0.0788. The quantitative estimate of drug-likeness (QED) is 0.425. The van der Waals surface area contributed by atoms with Gasteiger partial charge in [0.05, 0.1) is 30.5 Å². The lowest BCUT2D eigenvalue weighted by Crippen LogP contribution is -2.51. The van der Waals surface area contributed by atoms with Crippen LogP contribution < -0.4 is 15.4 Å². The number of anilines is 1. The molecule has 1 aliphatic heterocycles. The van der Waals surface area contributed by atoms with E-state index in [1.54, 1.807) is 13.2 Å². The van der Waals surface area contributed by atoms with E-state index in [4.69, 9.17) is 9.72 Å². The van der Waals surface area contributed by atoms with Crippen molar-refractivity contribution in [1.29, 1.82) is 5.26 Å². The van der Waals surface area contributed by atoms with Crippen LogP contribution >= 0.6 is 0 Å². The standard InChI is InChI=1S/C32H40N6O2/c1-22(20-33)21-34-31-27-19-24(8-7-23(27)9-14-30(31)40-3)28-5-4-6-29(36-28)32(39)35-25-10-12-26(13-11-25)38-17-15-37(2)16-18-38/h4-9,14,19,22,25-26,34H,10-13,15-18,21H2,1-3H3,(H,35,39)/t22?,25-,26+. The van der Waals surface area contributed by atoms with E-state index < -0.39 is 0 Å². The summed E-state index contributed by atoms with van der Waals surface area (Å²) in [6.07, 6.45) is 4.28. The molecule has 8 heteroatoms. The first-order valence-electron chi connectivity index (χ1n) is 14.4. The summed E-state index contributed by atoms with van der Waals surface area (Å²) < 4.78 is 5.61. The number of hydrogen-bond acceptors (Lipinski definition) is 7. The van der Waals surface area contributed by atoms with Gasteiger partial charge in [-0.3, -0.25) is 9.69 Å². The number of nitrogens with zero attached hydrogens (tertiary/aromatic N) is 4. The van der Waals surface area contributed by atoms with Crippen LogP contribution in [-0.4, -0.2) is 79.7 Å². The third-order valence-electron chi connectivity index (χ3n) is 8.37. The lowest BCUT2D eigenvalue weighted by Gasteiger charge is -2.41. The molecule has 2 aromatic carbocycles. The summed E-state index contributed by atoms with van der Waals surface area (Å²) in [5.74, 6) is 0.472. The van der Waals surface area contributed by atoms with E-state index in [-0.39, 0.29) is 17.9 Å². The summed E-state index contributed by atoms with van der Waals surface area (Å²) in [6, 6.07) is 18.8. The fraction of sp³-hybridized carbons (Fsp3) is 0.469. The fourth-order valence-electron chi connectivity index (χ4n) is 5.87. The van der Waals surface area contributed by atoms with Crippen LogP contribution in [0.25, 0.3) is 22.0 Å². The summed E-state index contributed by atoms with van der Waals surface area (Å²) in [6.45, 7) is 6.97. The minimum Gasteiger partial charge on any atom is -0.495 e. The van der Waals surface area contributed by atoms with Gasteiger partial charge in [0.2, 0.25) is 0 Å². The molecule has 0 radical (unpaired) electrons. The minimum absolute atomic E-state index is 0.111. The molecule has 1 aromatic heterocycles. The zero-order valence-electron chi connectivity index (χ0n) is 23.8. The van der Waals surface area contributed by atoms with Gasteiger partial charge < -0.3 is 20.3 Å². The monoisotopic (exact) mass is 540 g/mol. The van der Waals surface area contributed by atoms with Crippen LogP contribution in [0.3, 0.4) is 0 Å². The molecule has 1 unspecified atom stereocenters. The first kappa shape index (κ1) is 27.9. The van der Waals surface area contributed by atoms with Crippen molar-refractivity contribution in [3.63, 3.8) is 0 Å². The van der Waals surface area contributed by atoms with Gasteiger partial charge in [0.1, 0.15) is 11.4 Å². The number of benzene rings is 2. The molecule has 2 aliphatic rings. The number of aromatic nitrogens is 1. The van der Waals surface area contributed by atoms with Crippen molar-refractivity contribution < 1.29 is 9.53 Å². The second-order valence-electron chi connectivity index (χ2n) is 11.2. The van der Waals surface area contributed by atoms with Crippen molar-refractivity contribution >= 4 is 22.4 Å². The summed E-state index contributed by atoms with van der Waals surface area (Å²) in [7, 11) is 3.84. The molecule has 2 heterocycles. The Morgan fingerprint density at radius 2 is 1.85 bits per heavy atom. The Bertz CT molecular complexity index is 1370. The minimum atomic E-state index is -0.137. The largest absolute Gasteiger partial charge is 0.495 e. The zero-order valence-corrected chi connectivity index (χ0v) is 23.8. The third-order valence-corrected chi connectivity index (χ3v) is 8.37. The number of nitrogens with one attached hydrogen (secondary N) is 2. The molecule has 0 bridgehead atoms. The predicted molar refractivity (Wildman–Crippen MR) is 160 cm³/mol. The van der Waals surface area contributed by atoms with E-state index >= 15 is 0 Å². The van der Waals surface area contributed by atoms with Crippen molar-refractivity contribution in [2.75, 3.05) is 52.2 Å². The van der Waals surface area contributed by atoms with Gasteiger partial charge >= 0.3 is 0 Å². The number of carbonyl (C=O) groups is 1. The lowest BCUT2D eigenvalue weighted by atomic mass is 9.89. The Labute approximate surface area is 237 Å². The number of fused-ring (bicyclic) bond motifs is 1. The van der Waals surface area contributed by atoms with E-state index in [1.165, 1.54) is 0 Å². The van der Waals surface area contributed by atoms with Crippen molar-refractivity contribution in [2.24, 2.45) is 5.92 Å². The van der Waals surface area contributed by atoms with Crippen molar-refractivity contribution in [3.8, 4) is 23.1 Å². The highest BCUT2D eigenvalue weighted by Crippen LogP contribution is 2.36. The maximum Gasteiger partial charge on any atom is 0.270 e. The number of pyridine rings is 1. The number of carbonyl (C=O) groups excluding carboxylic acids is 1. The van der Waals surface area contributed by atoms with Crippen molar-refractivity contribution in [1.82, 2.24) is 20.1 Å². The maximum absolute atomic E-state index is 13.2. The number of ether oxygens (including phenoxy) is 1. The first-order chi connectivity index (χ1) is 19.4. The van der Waals surface area contributed by atoms with E-state index in [0.29, 0.717) is 18.3 Å². The van der Waals surface area contributed by atoms with Gasteiger partial charge in [0, 0.05) is 55.8 Å². The Morgan fingerprint density at radius 3 is 2.58 bits per heavy atom. The molecule has 5 rings (SSSR count). The van der Waals surface area contributed by atoms with Gasteiger partial charge in [-0.1, -0.05) is 24.3 Å². The topological polar surface area (TPSA) is 93.5 Å². The van der Waals surface area contributed by atoms with E-state index in [9.17, 15) is 10.1 Å². The molecule has 2 fully saturated rings.